The Hall–Kier alpha value is -0.610. The van der Waals surface area contributed by atoms with Gasteiger partial charge in [0.2, 0.25) is 5.91 Å². The SMILES string of the molecule is CCCC(N)C(=O)N(CCOC)C(C)CC. The van der Waals surface area contributed by atoms with Crippen LogP contribution in [0.3, 0.4) is 0 Å². The van der Waals surface area contributed by atoms with Gasteiger partial charge in [0.15, 0.2) is 0 Å². The van der Waals surface area contributed by atoms with Crippen LogP contribution >= 0.6 is 0 Å². The highest BCUT2D eigenvalue weighted by atomic mass is 16.5. The molecule has 2 unspecified atom stereocenters. The van der Waals surface area contributed by atoms with Gasteiger partial charge in [0.25, 0.3) is 0 Å². The number of carbonyl (C=O) groups is 1. The summed E-state index contributed by atoms with van der Waals surface area (Å²) >= 11 is 0. The standard InChI is InChI=1S/C12H26N2O2/c1-5-7-11(13)12(15)14(8-9-16-4)10(3)6-2/h10-11H,5-9,13H2,1-4H3. The molecule has 16 heavy (non-hydrogen) atoms. The molecule has 2 atom stereocenters. The Kier molecular flexibility index (Phi) is 8.21. The summed E-state index contributed by atoms with van der Waals surface area (Å²) in [5.41, 5.74) is 5.86. The van der Waals surface area contributed by atoms with E-state index in [0.29, 0.717) is 13.2 Å². The van der Waals surface area contributed by atoms with Gasteiger partial charge >= 0.3 is 0 Å². The van der Waals surface area contributed by atoms with Gasteiger partial charge in [-0.1, -0.05) is 20.3 Å². The van der Waals surface area contributed by atoms with Gasteiger partial charge in [-0.2, -0.15) is 0 Å². The molecular formula is C12H26N2O2. The molecule has 4 heteroatoms. The summed E-state index contributed by atoms with van der Waals surface area (Å²) < 4.78 is 5.02. The van der Waals surface area contributed by atoms with E-state index in [9.17, 15) is 4.79 Å². The average molecular weight is 230 g/mol. The molecule has 0 aliphatic heterocycles. The van der Waals surface area contributed by atoms with Crippen molar-refractivity contribution in [3.8, 4) is 0 Å². The van der Waals surface area contributed by atoms with Crippen LogP contribution in [0, 0.1) is 0 Å². The molecule has 0 radical (unpaired) electrons. The van der Waals surface area contributed by atoms with Gasteiger partial charge in [-0.25, -0.2) is 0 Å². The monoisotopic (exact) mass is 230 g/mol. The lowest BCUT2D eigenvalue weighted by Crippen LogP contribution is -2.48. The average Bonchev–Trinajstić information content (AvgIpc) is 2.29. The molecule has 0 aromatic heterocycles. The molecule has 1 amide bonds. The lowest BCUT2D eigenvalue weighted by Gasteiger charge is -2.30. The fourth-order valence-corrected chi connectivity index (χ4v) is 1.61. The van der Waals surface area contributed by atoms with Crippen LogP contribution in [-0.2, 0) is 9.53 Å². The number of carbonyl (C=O) groups excluding carboxylic acids is 1. The van der Waals surface area contributed by atoms with Crippen LogP contribution in [0.2, 0.25) is 0 Å². The molecule has 0 rings (SSSR count). The van der Waals surface area contributed by atoms with Gasteiger partial charge < -0.3 is 15.4 Å². The predicted molar refractivity (Wildman–Crippen MR) is 66.2 cm³/mol. The van der Waals surface area contributed by atoms with E-state index in [0.717, 1.165) is 19.3 Å². The quantitative estimate of drug-likeness (QED) is 0.685. The van der Waals surface area contributed by atoms with Crippen LogP contribution < -0.4 is 5.73 Å². The first-order valence-corrected chi connectivity index (χ1v) is 6.13. The number of ether oxygens (including phenoxy) is 1. The molecule has 0 heterocycles. The Morgan fingerprint density at radius 1 is 1.44 bits per heavy atom. The molecule has 0 spiro atoms. The second-order valence-corrected chi connectivity index (χ2v) is 4.18. The topological polar surface area (TPSA) is 55.6 Å². The zero-order valence-corrected chi connectivity index (χ0v) is 11.0. The van der Waals surface area contributed by atoms with E-state index in [-0.39, 0.29) is 18.0 Å². The normalized spacial score (nSPS) is 14.6. The van der Waals surface area contributed by atoms with E-state index in [1.54, 1.807) is 7.11 Å². The highest BCUT2D eigenvalue weighted by molar-refractivity contribution is 5.81. The summed E-state index contributed by atoms with van der Waals surface area (Å²) in [6.45, 7) is 7.35. The van der Waals surface area contributed by atoms with Crippen LogP contribution in [0.1, 0.15) is 40.0 Å². The third-order valence-electron chi connectivity index (χ3n) is 2.86. The van der Waals surface area contributed by atoms with Crippen molar-refractivity contribution in [2.75, 3.05) is 20.3 Å². The van der Waals surface area contributed by atoms with Crippen LogP contribution in [0.5, 0.6) is 0 Å². The third kappa shape index (κ3) is 4.94. The number of nitrogens with two attached hydrogens (primary N) is 1. The summed E-state index contributed by atoms with van der Waals surface area (Å²) in [7, 11) is 1.64. The van der Waals surface area contributed by atoms with Gasteiger partial charge in [-0.15, -0.1) is 0 Å². The van der Waals surface area contributed by atoms with Gasteiger partial charge in [0, 0.05) is 19.7 Å². The summed E-state index contributed by atoms with van der Waals surface area (Å²) in [6, 6.07) is -0.138. The van der Waals surface area contributed by atoms with Crippen molar-refractivity contribution >= 4 is 5.91 Å². The van der Waals surface area contributed by atoms with E-state index in [2.05, 4.69) is 6.92 Å². The van der Waals surface area contributed by atoms with Crippen molar-refractivity contribution in [2.24, 2.45) is 5.73 Å². The molecule has 0 saturated heterocycles. The highest BCUT2D eigenvalue weighted by Gasteiger charge is 2.23. The number of methoxy groups -OCH3 is 1. The number of nitrogens with zero attached hydrogens (tertiary/aromatic N) is 1. The minimum atomic E-state index is -0.365. The minimum Gasteiger partial charge on any atom is -0.383 e. The molecule has 0 aromatic rings. The molecule has 0 aliphatic rings. The zero-order chi connectivity index (χ0) is 12.6. The second-order valence-electron chi connectivity index (χ2n) is 4.18. The molecule has 0 bridgehead atoms. The molecule has 0 saturated carbocycles. The minimum absolute atomic E-state index is 0.0493. The number of hydrogen-bond acceptors (Lipinski definition) is 3. The Labute approximate surface area is 99.1 Å². The Bertz CT molecular complexity index is 197. The van der Waals surface area contributed by atoms with Gasteiger partial charge in [-0.3, -0.25) is 4.79 Å². The number of amides is 1. The van der Waals surface area contributed by atoms with Gasteiger partial charge in [-0.05, 0) is 19.8 Å². The first-order chi connectivity index (χ1) is 7.58. The molecule has 4 nitrogen and oxygen atoms in total. The Balaban J connectivity index is 4.42. The lowest BCUT2D eigenvalue weighted by molar-refractivity contribution is -0.135. The van der Waals surface area contributed by atoms with Gasteiger partial charge in [0.1, 0.15) is 0 Å². The van der Waals surface area contributed by atoms with E-state index < -0.39 is 0 Å². The van der Waals surface area contributed by atoms with Crippen molar-refractivity contribution < 1.29 is 9.53 Å². The van der Waals surface area contributed by atoms with E-state index in [1.807, 2.05) is 18.7 Å². The summed E-state index contributed by atoms with van der Waals surface area (Å²) in [6.07, 6.45) is 2.62. The maximum atomic E-state index is 12.1. The summed E-state index contributed by atoms with van der Waals surface area (Å²) in [5, 5.41) is 0. The van der Waals surface area contributed by atoms with Crippen LogP contribution in [0.4, 0.5) is 0 Å². The largest absolute Gasteiger partial charge is 0.383 e. The Morgan fingerprint density at radius 2 is 2.06 bits per heavy atom. The molecule has 0 fully saturated rings. The Morgan fingerprint density at radius 3 is 2.50 bits per heavy atom. The van der Waals surface area contributed by atoms with Crippen molar-refractivity contribution in [3.63, 3.8) is 0 Å². The fraction of sp³-hybridized carbons (Fsp3) is 0.917. The van der Waals surface area contributed by atoms with E-state index in [1.165, 1.54) is 0 Å². The van der Waals surface area contributed by atoms with Crippen molar-refractivity contribution in [2.45, 2.75) is 52.1 Å². The van der Waals surface area contributed by atoms with Crippen LogP contribution in [-0.4, -0.2) is 43.2 Å². The zero-order valence-electron chi connectivity index (χ0n) is 11.0. The maximum Gasteiger partial charge on any atom is 0.239 e. The van der Waals surface area contributed by atoms with Crippen LogP contribution in [0.15, 0.2) is 0 Å². The van der Waals surface area contributed by atoms with Crippen molar-refractivity contribution in [1.82, 2.24) is 4.90 Å². The van der Waals surface area contributed by atoms with Crippen LogP contribution in [0.25, 0.3) is 0 Å². The number of hydrogen-bond donors (Lipinski definition) is 1. The fourth-order valence-electron chi connectivity index (χ4n) is 1.61. The summed E-state index contributed by atoms with van der Waals surface area (Å²) in [5.74, 6) is 0.0493. The van der Waals surface area contributed by atoms with E-state index >= 15 is 0 Å². The van der Waals surface area contributed by atoms with Crippen molar-refractivity contribution in [3.05, 3.63) is 0 Å². The predicted octanol–water partition coefficient (Wildman–Crippen LogP) is 1.39. The molecule has 0 aromatic carbocycles. The molecule has 0 aliphatic carbocycles. The first kappa shape index (κ1) is 15.4. The molecule has 2 N–H and O–H groups in total. The maximum absolute atomic E-state index is 12.1. The van der Waals surface area contributed by atoms with Crippen molar-refractivity contribution in [1.29, 1.82) is 0 Å². The first-order valence-electron chi connectivity index (χ1n) is 6.13. The summed E-state index contributed by atoms with van der Waals surface area (Å²) in [4.78, 5) is 13.9. The smallest absolute Gasteiger partial charge is 0.239 e. The van der Waals surface area contributed by atoms with E-state index in [4.69, 9.17) is 10.5 Å². The third-order valence-corrected chi connectivity index (χ3v) is 2.86. The lowest BCUT2D eigenvalue weighted by atomic mass is 10.1. The number of rotatable bonds is 8. The van der Waals surface area contributed by atoms with Gasteiger partial charge in [0.05, 0.1) is 12.6 Å². The second kappa shape index (κ2) is 8.53. The molecular weight excluding hydrogens is 204 g/mol. The molecule has 96 valence electrons. The highest BCUT2D eigenvalue weighted by Crippen LogP contribution is 2.07.